The molecule has 0 aliphatic rings. The molecule has 0 amide bonds. The van der Waals surface area contributed by atoms with E-state index in [-0.39, 0.29) is 16.4 Å². The van der Waals surface area contributed by atoms with Gasteiger partial charge in [0.25, 0.3) is 10.0 Å². The lowest BCUT2D eigenvalue weighted by Gasteiger charge is -2.11. The van der Waals surface area contributed by atoms with Gasteiger partial charge in [-0.3, -0.25) is 4.72 Å². The fourth-order valence-electron chi connectivity index (χ4n) is 2.38. The number of anilines is 1. The normalized spacial score (nSPS) is 11.3. The Morgan fingerprint density at radius 2 is 1.96 bits per heavy atom. The second-order valence-corrected chi connectivity index (χ2v) is 6.88. The number of hydrogen-bond donors (Lipinski definition) is 1. The molecule has 0 aliphatic heterocycles. The summed E-state index contributed by atoms with van der Waals surface area (Å²) in [6.07, 6.45) is 5.61. The summed E-state index contributed by atoms with van der Waals surface area (Å²) in [6.45, 7) is 7.23. The number of hydrogen-bond acceptors (Lipinski definition) is 6. The highest BCUT2D eigenvalue weighted by Crippen LogP contribution is 2.28. The Hall–Kier alpha value is -3.71. The summed E-state index contributed by atoms with van der Waals surface area (Å²) in [5.41, 5.74) is 1.17. The van der Waals surface area contributed by atoms with Crippen molar-refractivity contribution >= 4 is 27.2 Å². The van der Waals surface area contributed by atoms with Gasteiger partial charge < -0.3 is 4.42 Å². The lowest BCUT2D eigenvalue weighted by Crippen LogP contribution is -2.16. The van der Waals surface area contributed by atoms with Gasteiger partial charge in [-0.1, -0.05) is 0 Å². The second kappa shape index (κ2) is 5.98. The van der Waals surface area contributed by atoms with Crippen molar-refractivity contribution in [2.24, 2.45) is 0 Å². The topological polar surface area (TPSA) is 107 Å². The first kappa shape index (κ1) is 15.8. The highest BCUT2D eigenvalue weighted by molar-refractivity contribution is 7.92. The number of oxazole rings is 1. The average Bonchev–Trinajstić information content (AvgIpc) is 3.34. The molecular weight excluding hydrogens is 356 g/mol. The molecule has 0 atom stereocenters. The van der Waals surface area contributed by atoms with Crippen LogP contribution >= 0.6 is 0 Å². The highest BCUT2D eigenvalue weighted by atomic mass is 32.2. The molecule has 0 unspecified atom stereocenters. The van der Waals surface area contributed by atoms with E-state index in [1.165, 1.54) is 41.6 Å². The van der Waals surface area contributed by atoms with Gasteiger partial charge in [0.15, 0.2) is 23.6 Å². The van der Waals surface area contributed by atoms with Crippen molar-refractivity contribution in [1.82, 2.24) is 19.6 Å². The fourth-order valence-corrected chi connectivity index (χ4v) is 3.44. The van der Waals surface area contributed by atoms with Crippen molar-refractivity contribution in [3.8, 4) is 11.3 Å². The molecule has 9 nitrogen and oxygen atoms in total. The zero-order valence-corrected chi connectivity index (χ0v) is 13.9. The standard InChI is InChI=1S/C16H10N6O3S/c1-17-13-8-19-15-6-7-20-22(15)16(13)21-26(23,24)12-4-2-11(3-5-12)14-9-18-10-25-14/h2-10,21H. The first-order valence-electron chi connectivity index (χ1n) is 7.30. The lowest BCUT2D eigenvalue weighted by molar-refractivity contribution is 0.572. The third kappa shape index (κ3) is 2.66. The van der Waals surface area contributed by atoms with E-state index in [9.17, 15) is 8.42 Å². The van der Waals surface area contributed by atoms with Crippen LogP contribution in [0.3, 0.4) is 0 Å². The predicted octanol–water partition coefficient (Wildman–Crippen LogP) is 2.74. The summed E-state index contributed by atoms with van der Waals surface area (Å²) in [5.74, 6) is 0.568. The molecule has 1 aromatic carbocycles. The van der Waals surface area contributed by atoms with Crippen molar-refractivity contribution in [2.75, 3.05) is 4.72 Å². The van der Waals surface area contributed by atoms with Gasteiger partial charge in [0.1, 0.15) is 0 Å². The van der Waals surface area contributed by atoms with E-state index in [1.54, 1.807) is 18.2 Å². The molecule has 10 heteroatoms. The Morgan fingerprint density at radius 3 is 2.65 bits per heavy atom. The molecule has 0 saturated heterocycles. The van der Waals surface area contributed by atoms with Crippen LogP contribution in [-0.4, -0.2) is 28.0 Å². The summed E-state index contributed by atoms with van der Waals surface area (Å²) in [6, 6.07) is 7.72. The highest BCUT2D eigenvalue weighted by Gasteiger charge is 2.19. The van der Waals surface area contributed by atoms with Gasteiger partial charge in [-0.15, -0.1) is 0 Å². The Bertz CT molecular complexity index is 1220. The molecule has 0 radical (unpaired) electrons. The van der Waals surface area contributed by atoms with Gasteiger partial charge in [0, 0.05) is 17.8 Å². The second-order valence-electron chi connectivity index (χ2n) is 5.20. The summed E-state index contributed by atoms with van der Waals surface area (Å²) in [7, 11) is -3.93. The first-order valence-corrected chi connectivity index (χ1v) is 8.79. The number of rotatable bonds is 4. The summed E-state index contributed by atoms with van der Waals surface area (Å²) in [4.78, 5) is 11.2. The van der Waals surface area contributed by atoms with Gasteiger partial charge >= 0.3 is 0 Å². The minimum absolute atomic E-state index is 0.0359. The van der Waals surface area contributed by atoms with E-state index >= 15 is 0 Å². The van der Waals surface area contributed by atoms with Crippen molar-refractivity contribution < 1.29 is 12.8 Å². The molecule has 3 aromatic heterocycles. The lowest BCUT2D eigenvalue weighted by atomic mass is 10.2. The molecule has 4 aromatic rings. The molecule has 0 aliphatic carbocycles. The zero-order valence-electron chi connectivity index (χ0n) is 13.1. The quantitative estimate of drug-likeness (QED) is 0.557. The van der Waals surface area contributed by atoms with Crippen LogP contribution < -0.4 is 4.72 Å². The maximum Gasteiger partial charge on any atom is 0.262 e. The molecule has 4 rings (SSSR count). The minimum Gasteiger partial charge on any atom is -0.444 e. The molecule has 1 N–H and O–H groups in total. The van der Waals surface area contributed by atoms with E-state index < -0.39 is 10.0 Å². The number of nitrogens with zero attached hydrogens (tertiary/aromatic N) is 5. The van der Waals surface area contributed by atoms with Crippen LogP contribution in [0, 0.1) is 6.57 Å². The van der Waals surface area contributed by atoms with Gasteiger partial charge in [-0.25, -0.2) is 27.7 Å². The minimum atomic E-state index is -3.93. The molecular formula is C16H10N6O3S. The molecule has 128 valence electrons. The van der Waals surface area contributed by atoms with Crippen LogP contribution in [0.4, 0.5) is 11.5 Å². The van der Waals surface area contributed by atoms with E-state index in [1.807, 2.05) is 0 Å². The smallest absolute Gasteiger partial charge is 0.262 e. The van der Waals surface area contributed by atoms with Crippen LogP contribution in [0.15, 0.2) is 64.6 Å². The van der Waals surface area contributed by atoms with E-state index in [4.69, 9.17) is 11.0 Å². The molecule has 3 heterocycles. The molecule has 0 bridgehead atoms. The van der Waals surface area contributed by atoms with Crippen LogP contribution in [0.5, 0.6) is 0 Å². The number of benzene rings is 1. The summed E-state index contributed by atoms with van der Waals surface area (Å²) >= 11 is 0. The average molecular weight is 366 g/mol. The number of aromatic nitrogens is 4. The predicted molar refractivity (Wildman–Crippen MR) is 92.0 cm³/mol. The van der Waals surface area contributed by atoms with Gasteiger partial charge in [0.2, 0.25) is 5.69 Å². The van der Waals surface area contributed by atoms with Crippen LogP contribution in [0.25, 0.3) is 21.8 Å². The van der Waals surface area contributed by atoms with E-state index in [2.05, 4.69) is 24.6 Å². The molecule has 26 heavy (non-hydrogen) atoms. The maximum absolute atomic E-state index is 12.7. The monoisotopic (exact) mass is 366 g/mol. The Kier molecular flexibility index (Phi) is 3.63. The number of fused-ring (bicyclic) bond motifs is 1. The van der Waals surface area contributed by atoms with Gasteiger partial charge in [0.05, 0.1) is 23.9 Å². The van der Waals surface area contributed by atoms with Crippen molar-refractivity contribution in [2.45, 2.75) is 4.90 Å². The fraction of sp³-hybridized carbons (Fsp3) is 0. The van der Waals surface area contributed by atoms with E-state index in [0.717, 1.165) is 0 Å². The Morgan fingerprint density at radius 1 is 1.15 bits per heavy atom. The SMILES string of the molecule is [C-]#[N+]c1cnc2ccnn2c1NS(=O)(=O)c1ccc(-c2cnco2)cc1. The molecule has 0 saturated carbocycles. The number of sulfonamides is 1. The zero-order chi connectivity index (χ0) is 18.1. The van der Waals surface area contributed by atoms with Crippen LogP contribution in [0.2, 0.25) is 0 Å². The van der Waals surface area contributed by atoms with Gasteiger partial charge in [-0.2, -0.15) is 5.10 Å². The third-order valence-corrected chi connectivity index (χ3v) is 4.98. The Balaban J connectivity index is 1.72. The molecule has 0 fully saturated rings. The first-order chi connectivity index (χ1) is 12.6. The van der Waals surface area contributed by atoms with Gasteiger partial charge in [-0.05, 0) is 24.3 Å². The van der Waals surface area contributed by atoms with Crippen molar-refractivity contribution in [3.63, 3.8) is 0 Å². The summed E-state index contributed by atoms with van der Waals surface area (Å²) in [5, 5.41) is 4.02. The number of nitrogens with one attached hydrogen (secondary N) is 1. The maximum atomic E-state index is 12.7. The summed E-state index contributed by atoms with van der Waals surface area (Å²) < 4.78 is 34.3. The van der Waals surface area contributed by atoms with E-state index in [0.29, 0.717) is 17.0 Å². The van der Waals surface area contributed by atoms with Crippen molar-refractivity contribution in [3.05, 3.63) is 66.7 Å². The third-order valence-electron chi connectivity index (χ3n) is 3.63. The van der Waals surface area contributed by atoms with Crippen molar-refractivity contribution in [1.29, 1.82) is 0 Å². The Labute approximate surface area is 147 Å². The largest absolute Gasteiger partial charge is 0.444 e. The van der Waals surface area contributed by atoms with Crippen LogP contribution in [-0.2, 0) is 10.0 Å². The van der Waals surface area contributed by atoms with Crippen LogP contribution in [0.1, 0.15) is 0 Å². The molecule has 0 spiro atoms.